The van der Waals surface area contributed by atoms with E-state index in [1.54, 1.807) is 18.3 Å². The van der Waals surface area contributed by atoms with E-state index in [2.05, 4.69) is 5.32 Å². The van der Waals surface area contributed by atoms with Gasteiger partial charge < -0.3 is 10.1 Å². The Balaban J connectivity index is 1.51. The van der Waals surface area contributed by atoms with Crippen molar-refractivity contribution in [2.45, 2.75) is 31.1 Å². The third-order valence-corrected chi connectivity index (χ3v) is 7.93. The van der Waals surface area contributed by atoms with E-state index in [1.807, 2.05) is 17.5 Å². The number of piperidine rings is 1. The molecule has 1 aliphatic rings. The Hall–Kier alpha value is -2.23. The van der Waals surface area contributed by atoms with Crippen molar-refractivity contribution in [3.63, 3.8) is 0 Å². The van der Waals surface area contributed by atoms with Crippen LogP contribution in [0.5, 0.6) is 0 Å². The maximum Gasteiger partial charge on any atom is 0.338 e. The summed E-state index contributed by atoms with van der Waals surface area (Å²) in [5.74, 6) is -0.666. The summed E-state index contributed by atoms with van der Waals surface area (Å²) in [7, 11) is -3.66. The summed E-state index contributed by atoms with van der Waals surface area (Å²) in [6.07, 6.45) is 1.79. The SMILES string of the molecule is CCOC(=O)c1ccc(S(=O)(=O)N2CCC(C(=O)NCCc3cccs3)CC2)cc1. The predicted octanol–water partition coefficient (Wildman–Crippen LogP) is 2.68. The highest BCUT2D eigenvalue weighted by Crippen LogP contribution is 2.24. The van der Waals surface area contributed by atoms with E-state index in [4.69, 9.17) is 4.74 Å². The molecule has 9 heteroatoms. The van der Waals surface area contributed by atoms with Gasteiger partial charge in [0.05, 0.1) is 17.1 Å². The van der Waals surface area contributed by atoms with E-state index in [0.29, 0.717) is 38.0 Å². The molecule has 1 amide bonds. The fourth-order valence-corrected chi connectivity index (χ4v) is 5.57. The molecule has 2 aromatic rings. The summed E-state index contributed by atoms with van der Waals surface area (Å²) in [5, 5.41) is 4.97. The molecule has 1 aliphatic heterocycles. The molecule has 1 fully saturated rings. The van der Waals surface area contributed by atoms with Crippen molar-refractivity contribution >= 4 is 33.2 Å². The number of nitrogens with one attached hydrogen (secondary N) is 1. The molecule has 2 heterocycles. The summed E-state index contributed by atoms with van der Waals surface area (Å²) in [5.41, 5.74) is 0.314. The molecule has 30 heavy (non-hydrogen) atoms. The molecular formula is C21H26N2O5S2. The minimum atomic E-state index is -3.66. The molecule has 0 unspecified atom stereocenters. The second-order valence-electron chi connectivity index (χ2n) is 7.04. The van der Waals surface area contributed by atoms with Crippen molar-refractivity contribution in [1.29, 1.82) is 0 Å². The van der Waals surface area contributed by atoms with E-state index in [1.165, 1.54) is 33.4 Å². The molecule has 0 saturated carbocycles. The molecule has 0 bridgehead atoms. The fraction of sp³-hybridized carbons (Fsp3) is 0.429. The van der Waals surface area contributed by atoms with Gasteiger partial charge in [-0.25, -0.2) is 13.2 Å². The minimum Gasteiger partial charge on any atom is -0.462 e. The van der Waals surface area contributed by atoms with Crippen LogP contribution in [0.3, 0.4) is 0 Å². The van der Waals surface area contributed by atoms with Crippen LogP contribution in [0, 0.1) is 5.92 Å². The number of amides is 1. The first-order chi connectivity index (χ1) is 14.4. The Morgan fingerprint density at radius 2 is 1.87 bits per heavy atom. The number of benzene rings is 1. The van der Waals surface area contributed by atoms with Gasteiger partial charge >= 0.3 is 5.97 Å². The van der Waals surface area contributed by atoms with Gasteiger partial charge in [0.15, 0.2) is 0 Å². The van der Waals surface area contributed by atoms with Gasteiger partial charge in [-0.05, 0) is 61.9 Å². The largest absolute Gasteiger partial charge is 0.462 e. The Morgan fingerprint density at radius 3 is 2.47 bits per heavy atom. The van der Waals surface area contributed by atoms with Gasteiger partial charge in [-0.1, -0.05) is 6.07 Å². The number of thiophene rings is 1. The van der Waals surface area contributed by atoms with E-state index >= 15 is 0 Å². The predicted molar refractivity (Wildman–Crippen MR) is 115 cm³/mol. The van der Waals surface area contributed by atoms with Gasteiger partial charge in [0.1, 0.15) is 0 Å². The molecule has 1 N–H and O–H groups in total. The van der Waals surface area contributed by atoms with Gasteiger partial charge in [0.2, 0.25) is 15.9 Å². The number of carbonyl (C=O) groups excluding carboxylic acids is 2. The van der Waals surface area contributed by atoms with Crippen LogP contribution in [0.25, 0.3) is 0 Å². The van der Waals surface area contributed by atoms with E-state index < -0.39 is 16.0 Å². The summed E-state index contributed by atoms with van der Waals surface area (Å²) in [6, 6.07) is 9.79. The molecule has 1 saturated heterocycles. The molecule has 0 radical (unpaired) electrons. The molecule has 0 atom stereocenters. The third kappa shape index (κ3) is 5.47. The molecule has 1 aromatic carbocycles. The molecule has 0 aliphatic carbocycles. The second kappa shape index (κ2) is 10.2. The quantitative estimate of drug-likeness (QED) is 0.624. The van der Waals surface area contributed by atoms with Gasteiger partial charge in [-0.2, -0.15) is 4.31 Å². The average molecular weight is 451 g/mol. The van der Waals surface area contributed by atoms with Crippen molar-refractivity contribution in [2.24, 2.45) is 5.92 Å². The molecular weight excluding hydrogens is 424 g/mol. The van der Waals surface area contributed by atoms with Crippen molar-refractivity contribution in [3.05, 3.63) is 52.2 Å². The minimum absolute atomic E-state index is 0.0117. The zero-order valence-electron chi connectivity index (χ0n) is 16.9. The lowest BCUT2D eigenvalue weighted by atomic mass is 9.97. The Morgan fingerprint density at radius 1 is 1.17 bits per heavy atom. The first-order valence-electron chi connectivity index (χ1n) is 9.99. The molecule has 0 spiro atoms. The van der Waals surface area contributed by atoms with Crippen LogP contribution in [-0.4, -0.2) is 50.8 Å². The topological polar surface area (TPSA) is 92.8 Å². The maximum absolute atomic E-state index is 12.9. The van der Waals surface area contributed by atoms with Crippen molar-refractivity contribution in [3.8, 4) is 0 Å². The number of hydrogen-bond acceptors (Lipinski definition) is 6. The van der Waals surface area contributed by atoms with Crippen LogP contribution in [-0.2, 0) is 26.0 Å². The number of hydrogen-bond donors (Lipinski definition) is 1. The molecule has 3 rings (SSSR count). The lowest BCUT2D eigenvalue weighted by Gasteiger charge is -2.30. The third-order valence-electron chi connectivity index (χ3n) is 5.08. The zero-order chi connectivity index (χ0) is 21.6. The highest BCUT2D eigenvalue weighted by atomic mass is 32.2. The lowest BCUT2D eigenvalue weighted by Crippen LogP contribution is -2.43. The maximum atomic E-state index is 12.9. The summed E-state index contributed by atoms with van der Waals surface area (Å²) < 4.78 is 32.1. The molecule has 7 nitrogen and oxygen atoms in total. The number of esters is 1. The normalized spacial score (nSPS) is 15.6. The van der Waals surface area contributed by atoms with E-state index in [0.717, 1.165) is 6.42 Å². The van der Waals surface area contributed by atoms with E-state index in [9.17, 15) is 18.0 Å². The number of carbonyl (C=O) groups is 2. The second-order valence-corrected chi connectivity index (χ2v) is 10.0. The number of nitrogens with zero attached hydrogens (tertiary/aromatic N) is 1. The average Bonchev–Trinajstić information content (AvgIpc) is 3.27. The van der Waals surface area contributed by atoms with Crippen molar-refractivity contribution < 1.29 is 22.7 Å². The Kier molecular flexibility index (Phi) is 7.63. The van der Waals surface area contributed by atoms with Crippen LogP contribution in [0.1, 0.15) is 35.0 Å². The Bertz CT molecular complexity index is 948. The van der Waals surface area contributed by atoms with Crippen molar-refractivity contribution in [2.75, 3.05) is 26.2 Å². The van der Waals surface area contributed by atoms with Crippen LogP contribution in [0.4, 0.5) is 0 Å². The van der Waals surface area contributed by atoms with E-state index in [-0.39, 0.29) is 23.3 Å². The number of sulfonamides is 1. The number of ether oxygens (including phenoxy) is 1. The molecule has 1 aromatic heterocycles. The van der Waals surface area contributed by atoms with Gasteiger partial charge in [-0.15, -0.1) is 11.3 Å². The summed E-state index contributed by atoms with van der Waals surface area (Å²) >= 11 is 1.67. The van der Waals surface area contributed by atoms with Crippen LogP contribution >= 0.6 is 11.3 Å². The monoisotopic (exact) mass is 450 g/mol. The van der Waals surface area contributed by atoms with Crippen molar-refractivity contribution in [1.82, 2.24) is 9.62 Å². The lowest BCUT2D eigenvalue weighted by molar-refractivity contribution is -0.126. The van der Waals surface area contributed by atoms with Gasteiger partial charge in [-0.3, -0.25) is 4.79 Å². The van der Waals surface area contributed by atoms with Crippen LogP contribution in [0.2, 0.25) is 0 Å². The van der Waals surface area contributed by atoms with Gasteiger partial charge in [0, 0.05) is 30.4 Å². The standard InChI is InChI=1S/C21H26N2O5S2/c1-2-28-21(25)17-5-7-19(8-6-17)30(26,27)23-13-10-16(11-14-23)20(24)22-12-9-18-4-3-15-29-18/h3-8,15-16H,2,9-14H2,1H3,(H,22,24). The smallest absolute Gasteiger partial charge is 0.338 e. The highest BCUT2D eigenvalue weighted by Gasteiger charge is 2.32. The van der Waals surface area contributed by atoms with Crippen LogP contribution < -0.4 is 5.32 Å². The zero-order valence-corrected chi connectivity index (χ0v) is 18.5. The fourth-order valence-electron chi connectivity index (χ4n) is 3.39. The number of rotatable bonds is 8. The van der Waals surface area contributed by atoms with Gasteiger partial charge in [0.25, 0.3) is 0 Å². The summed E-state index contributed by atoms with van der Waals surface area (Å²) in [4.78, 5) is 25.5. The first kappa shape index (κ1) is 22.5. The Labute approximate surface area is 181 Å². The highest BCUT2D eigenvalue weighted by molar-refractivity contribution is 7.89. The first-order valence-corrected chi connectivity index (χ1v) is 12.3. The van der Waals surface area contributed by atoms with Crippen LogP contribution in [0.15, 0.2) is 46.7 Å². The summed E-state index contributed by atoms with van der Waals surface area (Å²) in [6.45, 7) is 3.15. The molecule has 162 valence electrons.